The van der Waals surface area contributed by atoms with Crippen molar-refractivity contribution < 1.29 is 27.6 Å². The summed E-state index contributed by atoms with van der Waals surface area (Å²) in [6.07, 6.45) is 0. The van der Waals surface area contributed by atoms with Gasteiger partial charge < -0.3 is 9.47 Å². The zero-order chi connectivity index (χ0) is 20.0. The third kappa shape index (κ3) is 4.34. The lowest BCUT2D eigenvalue weighted by molar-refractivity contribution is -0.387. The predicted octanol–water partition coefficient (Wildman–Crippen LogP) is 2.36. The average Bonchev–Trinajstić information content (AvgIpc) is 2.66. The van der Waals surface area contributed by atoms with Gasteiger partial charge in [-0.25, -0.2) is 8.42 Å². The number of anilines is 1. The summed E-state index contributed by atoms with van der Waals surface area (Å²) in [7, 11) is -3.35. The van der Waals surface area contributed by atoms with Crippen molar-refractivity contribution in [2.24, 2.45) is 0 Å². The van der Waals surface area contributed by atoms with E-state index in [2.05, 4.69) is 4.74 Å². The number of methoxy groups -OCH3 is 1. The minimum Gasteiger partial charge on any atom is -0.492 e. The molecule has 27 heavy (non-hydrogen) atoms. The van der Waals surface area contributed by atoms with E-state index in [1.54, 1.807) is 19.1 Å². The first-order valence-corrected chi connectivity index (χ1v) is 9.31. The van der Waals surface area contributed by atoms with Crippen molar-refractivity contribution in [2.45, 2.75) is 11.8 Å². The maximum Gasteiger partial charge on any atom is 0.326 e. The van der Waals surface area contributed by atoms with Gasteiger partial charge in [0, 0.05) is 6.07 Å². The summed E-state index contributed by atoms with van der Waals surface area (Å²) in [5.74, 6) is -0.616. The molecule has 0 saturated heterocycles. The number of hydrogen-bond donors (Lipinski definition) is 0. The predicted molar refractivity (Wildman–Crippen MR) is 97.3 cm³/mol. The molecule has 2 aromatic carbocycles. The van der Waals surface area contributed by atoms with Crippen LogP contribution in [0.4, 0.5) is 11.4 Å². The Bertz CT molecular complexity index is 944. The van der Waals surface area contributed by atoms with Crippen LogP contribution < -0.4 is 9.04 Å². The van der Waals surface area contributed by atoms with Crippen LogP contribution in [-0.4, -0.2) is 39.6 Å². The molecule has 144 valence electrons. The highest BCUT2D eigenvalue weighted by molar-refractivity contribution is 7.93. The molecule has 0 fully saturated rings. The van der Waals surface area contributed by atoms with E-state index >= 15 is 0 Å². The van der Waals surface area contributed by atoms with Gasteiger partial charge in [-0.15, -0.1) is 0 Å². The molecule has 0 bridgehead atoms. The van der Waals surface area contributed by atoms with Gasteiger partial charge in [0.2, 0.25) is 0 Å². The Kier molecular flexibility index (Phi) is 6.35. The van der Waals surface area contributed by atoms with Crippen molar-refractivity contribution in [3.8, 4) is 5.75 Å². The zero-order valence-corrected chi connectivity index (χ0v) is 15.5. The van der Waals surface area contributed by atoms with Gasteiger partial charge in [-0.2, -0.15) is 0 Å². The minimum absolute atomic E-state index is 0.0721. The minimum atomic E-state index is -4.46. The van der Waals surface area contributed by atoms with Crippen molar-refractivity contribution in [3.63, 3.8) is 0 Å². The molecule has 0 aromatic heterocycles. The second-order valence-corrected chi connectivity index (χ2v) is 7.04. The molecule has 0 heterocycles. The lowest BCUT2D eigenvalue weighted by Crippen LogP contribution is -2.37. The molecule has 10 heteroatoms. The van der Waals surface area contributed by atoms with E-state index in [9.17, 15) is 23.3 Å². The molecule has 0 aliphatic heterocycles. The number of nitro benzene ring substituents is 1. The zero-order valence-electron chi connectivity index (χ0n) is 14.7. The van der Waals surface area contributed by atoms with Gasteiger partial charge in [-0.05, 0) is 25.1 Å². The fourth-order valence-electron chi connectivity index (χ4n) is 2.37. The van der Waals surface area contributed by atoms with E-state index in [1.807, 2.05) is 0 Å². The van der Waals surface area contributed by atoms with Gasteiger partial charge >= 0.3 is 5.97 Å². The summed E-state index contributed by atoms with van der Waals surface area (Å²) < 4.78 is 37.2. The summed E-state index contributed by atoms with van der Waals surface area (Å²) in [6, 6.07) is 11.1. The van der Waals surface area contributed by atoms with E-state index in [4.69, 9.17) is 4.74 Å². The molecular weight excluding hydrogens is 376 g/mol. The topological polar surface area (TPSA) is 116 Å². The number of hydrogen-bond acceptors (Lipinski definition) is 7. The molecule has 0 saturated carbocycles. The van der Waals surface area contributed by atoms with Crippen molar-refractivity contribution in [1.29, 1.82) is 0 Å². The van der Waals surface area contributed by atoms with Crippen molar-refractivity contribution >= 4 is 27.4 Å². The molecule has 2 aromatic rings. The maximum atomic E-state index is 13.2. The number of benzene rings is 2. The van der Waals surface area contributed by atoms with E-state index < -0.39 is 38.0 Å². The van der Waals surface area contributed by atoms with Crippen LogP contribution in [0.15, 0.2) is 53.4 Å². The first-order valence-electron chi connectivity index (χ1n) is 7.87. The van der Waals surface area contributed by atoms with Gasteiger partial charge in [-0.1, -0.05) is 24.3 Å². The van der Waals surface area contributed by atoms with Crippen LogP contribution in [-0.2, 0) is 19.6 Å². The molecule has 2 rings (SSSR count). The normalized spacial score (nSPS) is 10.9. The molecule has 0 aliphatic carbocycles. The second kappa shape index (κ2) is 8.49. The molecule has 0 N–H and O–H groups in total. The monoisotopic (exact) mass is 394 g/mol. The van der Waals surface area contributed by atoms with Gasteiger partial charge in [0.25, 0.3) is 15.7 Å². The van der Waals surface area contributed by atoms with Gasteiger partial charge in [0.1, 0.15) is 12.3 Å². The van der Waals surface area contributed by atoms with Gasteiger partial charge in [0.05, 0.1) is 24.3 Å². The lowest BCUT2D eigenvalue weighted by Gasteiger charge is -2.25. The molecule has 0 radical (unpaired) electrons. The van der Waals surface area contributed by atoms with E-state index in [0.29, 0.717) is 0 Å². The largest absolute Gasteiger partial charge is 0.492 e. The first kappa shape index (κ1) is 20.2. The quantitative estimate of drug-likeness (QED) is 0.383. The summed E-state index contributed by atoms with van der Waals surface area (Å²) in [5.41, 5.74) is -0.524. The third-order valence-corrected chi connectivity index (χ3v) is 5.37. The first-order chi connectivity index (χ1) is 12.8. The van der Waals surface area contributed by atoms with Crippen molar-refractivity contribution in [1.82, 2.24) is 0 Å². The Morgan fingerprint density at radius 2 is 1.78 bits per heavy atom. The number of nitro groups is 1. The van der Waals surface area contributed by atoms with Crippen LogP contribution in [0.5, 0.6) is 5.75 Å². The molecular formula is C17H18N2O7S. The summed E-state index contributed by atoms with van der Waals surface area (Å²) in [5, 5.41) is 11.3. The highest BCUT2D eigenvalue weighted by atomic mass is 32.2. The van der Waals surface area contributed by atoms with Gasteiger partial charge in [0.15, 0.2) is 4.90 Å². The SMILES string of the molecule is CCOc1ccccc1N(CC(=O)OC)S(=O)(=O)c1ccccc1[N+](=O)[O-]. The summed E-state index contributed by atoms with van der Waals surface area (Å²) in [6.45, 7) is 1.31. The molecule has 0 aliphatic rings. The highest BCUT2D eigenvalue weighted by Gasteiger charge is 2.34. The van der Waals surface area contributed by atoms with Crippen LogP contribution in [0.2, 0.25) is 0 Å². The molecule has 0 unspecified atom stereocenters. The van der Waals surface area contributed by atoms with E-state index in [1.165, 1.54) is 24.3 Å². The Hall–Kier alpha value is -3.14. The van der Waals surface area contributed by atoms with Gasteiger partial charge in [-0.3, -0.25) is 19.2 Å². The third-order valence-electron chi connectivity index (χ3n) is 3.56. The van der Waals surface area contributed by atoms with Crippen LogP contribution >= 0.6 is 0 Å². The smallest absolute Gasteiger partial charge is 0.326 e. The summed E-state index contributed by atoms with van der Waals surface area (Å²) >= 11 is 0. The summed E-state index contributed by atoms with van der Waals surface area (Å²) in [4.78, 5) is 21.8. The molecule has 0 spiro atoms. The number of carbonyl (C=O) groups is 1. The van der Waals surface area contributed by atoms with Crippen molar-refractivity contribution in [3.05, 3.63) is 58.6 Å². The number of para-hydroxylation sites is 3. The molecule has 0 amide bonds. The number of ether oxygens (including phenoxy) is 2. The Morgan fingerprint density at radius 1 is 1.15 bits per heavy atom. The maximum absolute atomic E-state index is 13.2. The lowest BCUT2D eigenvalue weighted by atomic mass is 10.3. The number of esters is 1. The fraction of sp³-hybridized carbons (Fsp3) is 0.235. The van der Waals surface area contributed by atoms with Crippen LogP contribution in [0.1, 0.15) is 6.92 Å². The van der Waals surface area contributed by atoms with E-state index in [-0.39, 0.29) is 18.0 Å². The highest BCUT2D eigenvalue weighted by Crippen LogP contribution is 2.35. The van der Waals surface area contributed by atoms with Crippen LogP contribution in [0, 0.1) is 10.1 Å². The number of carbonyl (C=O) groups excluding carboxylic acids is 1. The number of nitrogens with zero attached hydrogens (tertiary/aromatic N) is 2. The second-order valence-electron chi connectivity index (χ2n) is 5.21. The van der Waals surface area contributed by atoms with E-state index in [0.717, 1.165) is 23.5 Å². The Balaban J connectivity index is 2.68. The molecule has 9 nitrogen and oxygen atoms in total. The standard InChI is InChI=1S/C17H18N2O7S/c1-3-26-15-10-6-4-8-13(15)18(12-17(20)25-2)27(23,24)16-11-7-5-9-14(16)19(21)22/h4-11H,3,12H2,1-2H3. The Labute approximate surface area is 156 Å². The average molecular weight is 394 g/mol. The molecule has 0 atom stereocenters. The van der Waals surface area contributed by atoms with Crippen molar-refractivity contribution in [2.75, 3.05) is 24.6 Å². The number of sulfonamides is 1. The number of rotatable bonds is 8. The Morgan fingerprint density at radius 3 is 2.41 bits per heavy atom. The fourth-order valence-corrected chi connectivity index (χ4v) is 3.95. The van der Waals surface area contributed by atoms with Crippen LogP contribution in [0.25, 0.3) is 0 Å². The van der Waals surface area contributed by atoms with Crippen LogP contribution in [0.3, 0.4) is 0 Å².